The summed E-state index contributed by atoms with van der Waals surface area (Å²) >= 11 is 5.87. The van der Waals surface area contributed by atoms with Gasteiger partial charge in [-0.3, -0.25) is 4.79 Å². The van der Waals surface area contributed by atoms with Gasteiger partial charge in [-0.05, 0) is 29.8 Å². The fourth-order valence-corrected chi connectivity index (χ4v) is 3.69. The largest absolute Gasteiger partial charge is 0.412 e. The maximum absolute atomic E-state index is 12.4. The number of benzene rings is 2. The number of nitrogens with zero attached hydrogens (tertiary/aromatic N) is 2. The lowest BCUT2D eigenvalue weighted by Crippen LogP contribution is -2.25. The third kappa shape index (κ3) is 5.15. The van der Waals surface area contributed by atoms with Crippen LogP contribution in [0.4, 0.5) is 0 Å². The average Bonchev–Trinajstić information content (AvgIpc) is 3.12. The fraction of sp³-hybridized carbons (Fsp3) is 0.167. The minimum absolute atomic E-state index is 0.132. The molecule has 0 atom stereocenters. The number of hydrogen-bond donors (Lipinski definition) is 1. The number of nitrogens with one attached hydrogen (secondary N) is 1. The van der Waals surface area contributed by atoms with Crippen molar-refractivity contribution in [3.63, 3.8) is 0 Å². The standard InChI is InChI=1S/C18H16ClN3O4S/c19-15-8-4-5-13(11-15)12-27(24,25)18-22-21-16(26-18)9-10-20-17(23)14-6-2-1-3-7-14/h1-8,11H,9-10,12H2,(H,20,23). The molecule has 0 aliphatic carbocycles. The van der Waals surface area contributed by atoms with Crippen LogP contribution in [-0.4, -0.2) is 31.1 Å². The van der Waals surface area contributed by atoms with Gasteiger partial charge in [-0.1, -0.05) is 47.0 Å². The van der Waals surface area contributed by atoms with Crippen LogP contribution in [0.25, 0.3) is 0 Å². The second-order valence-electron chi connectivity index (χ2n) is 5.72. The minimum atomic E-state index is -3.78. The molecular weight excluding hydrogens is 390 g/mol. The maximum atomic E-state index is 12.4. The number of sulfone groups is 1. The highest BCUT2D eigenvalue weighted by Gasteiger charge is 2.23. The molecule has 2 aromatic carbocycles. The van der Waals surface area contributed by atoms with E-state index >= 15 is 0 Å². The highest BCUT2D eigenvalue weighted by Crippen LogP contribution is 2.18. The first-order valence-electron chi connectivity index (χ1n) is 8.07. The number of hydrogen-bond acceptors (Lipinski definition) is 6. The van der Waals surface area contributed by atoms with Crippen LogP contribution in [0.2, 0.25) is 5.02 Å². The third-order valence-corrected chi connectivity index (χ3v) is 5.27. The molecule has 3 aromatic rings. The van der Waals surface area contributed by atoms with Crippen molar-refractivity contribution >= 4 is 27.3 Å². The summed E-state index contributed by atoms with van der Waals surface area (Å²) in [6, 6.07) is 15.3. The molecule has 0 saturated heterocycles. The van der Waals surface area contributed by atoms with E-state index in [-0.39, 0.29) is 30.5 Å². The predicted octanol–water partition coefficient (Wildman–Crippen LogP) is 2.67. The molecule has 0 spiro atoms. The SMILES string of the molecule is O=C(NCCc1nnc(S(=O)(=O)Cc2cccc(Cl)c2)o1)c1ccccc1. The zero-order chi connectivity index (χ0) is 19.3. The molecular formula is C18H16ClN3O4S. The molecule has 1 N–H and O–H groups in total. The summed E-state index contributed by atoms with van der Waals surface area (Å²) in [4.78, 5) is 11.9. The van der Waals surface area contributed by atoms with E-state index in [0.717, 1.165) is 0 Å². The van der Waals surface area contributed by atoms with E-state index in [1.165, 1.54) is 0 Å². The van der Waals surface area contributed by atoms with E-state index in [4.69, 9.17) is 16.0 Å². The van der Waals surface area contributed by atoms with Gasteiger partial charge in [0.15, 0.2) is 0 Å². The number of amides is 1. The van der Waals surface area contributed by atoms with Crippen molar-refractivity contribution in [2.24, 2.45) is 0 Å². The summed E-state index contributed by atoms with van der Waals surface area (Å²) in [7, 11) is -3.78. The summed E-state index contributed by atoms with van der Waals surface area (Å²) < 4.78 is 30.0. The van der Waals surface area contributed by atoms with Crippen LogP contribution in [0.15, 0.2) is 64.2 Å². The Morgan fingerprint density at radius 1 is 1.07 bits per heavy atom. The molecule has 0 bridgehead atoms. The van der Waals surface area contributed by atoms with Crippen LogP contribution in [0.3, 0.4) is 0 Å². The van der Waals surface area contributed by atoms with Gasteiger partial charge in [0.25, 0.3) is 5.91 Å². The van der Waals surface area contributed by atoms with E-state index in [1.807, 2.05) is 6.07 Å². The Kier molecular flexibility index (Phi) is 5.88. The van der Waals surface area contributed by atoms with Gasteiger partial charge in [0.2, 0.25) is 15.7 Å². The lowest BCUT2D eigenvalue weighted by molar-refractivity contribution is 0.0953. The first-order chi connectivity index (χ1) is 12.9. The number of carbonyl (C=O) groups is 1. The minimum Gasteiger partial charge on any atom is -0.412 e. The molecule has 0 aliphatic rings. The van der Waals surface area contributed by atoms with Gasteiger partial charge in [-0.2, -0.15) is 0 Å². The molecule has 0 fully saturated rings. The molecule has 3 rings (SSSR count). The first-order valence-corrected chi connectivity index (χ1v) is 10.1. The Hall–Kier alpha value is -2.71. The molecule has 1 heterocycles. The molecule has 27 heavy (non-hydrogen) atoms. The van der Waals surface area contributed by atoms with Crippen molar-refractivity contribution in [1.82, 2.24) is 15.5 Å². The topological polar surface area (TPSA) is 102 Å². The van der Waals surface area contributed by atoms with E-state index in [0.29, 0.717) is 16.1 Å². The van der Waals surface area contributed by atoms with Crippen LogP contribution in [-0.2, 0) is 22.0 Å². The molecule has 7 nitrogen and oxygen atoms in total. The van der Waals surface area contributed by atoms with Crippen LogP contribution in [0, 0.1) is 0 Å². The average molecular weight is 406 g/mol. The van der Waals surface area contributed by atoms with E-state index in [9.17, 15) is 13.2 Å². The van der Waals surface area contributed by atoms with Crippen LogP contribution in [0.5, 0.6) is 0 Å². The molecule has 0 radical (unpaired) electrons. The van der Waals surface area contributed by atoms with Crippen molar-refractivity contribution in [1.29, 1.82) is 0 Å². The van der Waals surface area contributed by atoms with Crippen LogP contribution >= 0.6 is 11.6 Å². The zero-order valence-corrected chi connectivity index (χ0v) is 15.7. The normalized spacial score (nSPS) is 11.3. The molecule has 1 aromatic heterocycles. The number of rotatable bonds is 7. The number of halogens is 1. The molecule has 140 valence electrons. The van der Waals surface area contributed by atoms with Gasteiger partial charge in [-0.15, -0.1) is 5.10 Å². The summed E-state index contributed by atoms with van der Waals surface area (Å²) in [6.45, 7) is 0.240. The van der Waals surface area contributed by atoms with Gasteiger partial charge in [0.05, 0.1) is 5.75 Å². The Balaban J connectivity index is 1.58. The predicted molar refractivity (Wildman–Crippen MR) is 99.1 cm³/mol. The lowest BCUT2D eigenvalue weighted by atomic mass is 10.2. The van der Waals surface area contributed by atoms with E-state index < -0.39 is 15.1 Å². The van der Waals surface area contributed by atoms with Gasteiger partial charge in [-0.25, -0.2) is 8.42 Å². The molecule has 9 heteroatoms. The van der Waals surface area contributed by atoms with Crippen molar-refractivity contribution in [2.45, 2.75) is 17.4 Å². The van der Waals surface area contributed by atoms with Gasteiger partial charge >= 0.3 is 5.22 Å². The molecule has 1 amide bonds. The maximum Gasteiger partial charge on any atom is 0.335 e. The monoisotopic (exact) mass is 405 g/mol. The molecule has 0 unspecified atom stereocenters. The molecule has 0 aliphatic heterocycles. The van der Waals surface area contributed by atoms with Crippen LogP contribution in [0.1, 0.15) is 21.8 Å². The van der Waals surface area contributed by atoms with Crippen molar-refractivity contribution in [3.05, 3.63) is 76.6 Å². The lowest BCUT2D eigenvalue weighted by Gasteiger charge is -2.03. The summed E-state index contributed by atoms with van der Waals surface area (Å²) in [5.74, 6) is -0.392. The second-order valence-corrected chi connectivity index (χ2v) is 8.03. The Morgan fingerprint density at radius 2 is 1.85 bits per heavy atom. The van der Waals surface area contributed by atoms with Gasteiger partial charge < -0.3 is 9.73 Å². The van der Waals surface area contributed by atoms with Gasteiger partial charge in [0.1, 0.15) is 0 Å². The fourth-order valence-electron chi connectivity index (χ4n) is 2.35. The van der Waals surface area contributed by atoms with Crippen molar-refractivity contribution in [3.8, 4) is 0 Å². The van der Waals surface area contributed by atoms with E-state index in [2.05, 4.69) is 15.5 Å². The first kappa shape index (κ1) is 19.1. The van der Waals surface area contributed by atoms with Crippen LogP contribution < -0.4 is 5.32 Å². The number of aromatic nitrogens is 2. The second kappa shape index (κ2) is 8.32. The zero-order valence-electron chi connectivity index (χ0n) is 14.1. The molecule has 0 saturated carbocycles. The highest BCUT2D eigenvalue weighted by molar-refractivity contribution is 7.90. The third-order valence-electron chi connectivity index (χ3n) is 3.62. The van der Waals surface area contributed by atoms with Crippen molar-refractivity contribution in [2.75, 3.05) is 6.54 Å². The Morgan fingerprint density at radius 3 is 2.59 bits per heavy atom. The smallest absolute Gasteiger partial charge is 0.335 e. The quantitative estimate of drug-likeness (QED) is 0.648. The van der Waals surface area contributed by atoms with E-state index in [1.54, 1.807) is 48.5 Å². The Labute approximate surface area is 161 Å². The highest BCUT2D eigenvalue weighted by atomic mass is 35.5. The van der Waals surface area contributed by atoms with Gasteiger partial charge in [0, 0.05) is 23.6 Å². The van der Waals surface area contributed by atoms with Crippen molar-refractivity contribution < 1.29 is 17.6 Å². The summed E-state index contributed by atoms with van der Waals surface area (Å²) in [5, 5.41) is 10.1. The number of carbonyl (C=O) groups excluding carboxylic acids is 1. The summed E-state index contributed by atoms with van der Waals surface area (Å²) in [5.41, 5.74) is 1.06. The Bertz CT molecular complexity index is 1040. The summed E-state index contributed by atoms with van der Waals surface area (Å²) in [6.07, 6.45) is 0.220.